The standard InChI is InChI=1S/C15H21N3O4/c1-3-10-8-13(17-16-10)15(21)18(2)11-4-6-12(7-5-11)22-9-14(19)20/h4-7,10,13,16-17H,3,8-9H2,1-2H3,(H,19,20). The first-order valence-electron chi connectivity index (χ1n) is 7.24. The van der Waals surface area contributed by atoms with Gasteiger partial charge in [0.1, 0.15) is 11.8 Å². The quantitative estimate of drug-likeness (QED) is 0.719. The molecule has 1 saturated heterocycles. The molecule has 1 heterocycles. The van der Waals surface area contributed by atoms with Crippen molar-refractivity contribution < 1.29 is 19.4 Å². The molecule has 0 radical (unpaired) electrons. The summed E-state index contributed by atoms with van der Waals surface area (Å²) in [6.45, 7) is 1.69. The fraction of sp³-hybridized carbons (Fsp3) is 0.467. The van der Waals surface area contributed by atoms with E-state index in [1.54, 1.807) is 36.2 Å². The number of aliphatic carboxylic acids is 1. The van der Waals surface area contributed by atoms with Crippen LogP contribution in [0.25, 0.3) is 0 Å². The zero-order valence-corrected chi connectivity index (χ0v) is 12.7. The number of hydrazine groups is 1. The Morgan fingerprint density at radius 3 is 2.55 bits per heavy atom. The Kier molecular flexibility index (Phi) is 5.35. The predicted octanol–water partition coefficient (Wildman–Crippen LogP) is 0.758. The van der Waals surface area contributed by atoms with Crippen molar-refractivity contribution in [2.45, 2.75) is 31.8 Å². The van der Waals surface area contributed by atoms with E-state index in [0.717, 1.165) is 18.5 Å². The minimum Gasteiger partial charge on any atom is -0.482 e. The molecule has 7 heteroatoms. The molecular weight excluding hydrogens is 286 g/mol. The van der Waals surface area contributed by atoms with E-state index in [-0.39, 0.29) is 18.6 Å². The lowest BCUT2D eigenvalue weighted by Gasteiger charge is -2.21. The number of carboxylic acid groups (broad SMARTS) is 1. The van der Waals surface area contributed by atoms with Crippen LogP contribution in [0.5, 0.6) is 5.75 Å². The van der Waals surface area contributed by atoms with Gasteiger partial charge in [0.2, 0.25) is 5.91 Å². The normalized spacial score (nSPS) is 20.6. The van der Waals surface area contributed by atoms with Crippen molar-refractivity contribution in [2.75, 3.05) is 18.6 Å². The molecule has 7 nitrogen and oxygen atoms in total. The lowest BCUT2D eigenvalue weighted by Crippen LogP contribution is -2.44. The number of hydrogen-bond donors (Lipinski definition) is 3. The fourth-order valence-electron chi connectivity index (χ4n) is 2.32. The van der Waals surface area contributed by atoms with Crippen LogP contribution >= 0.6 is 0 Å². The number of ether oxygens (including phenoxy) is 1. The van der Waals surface area contributed by atoms with E-state index in [0.29, 0.717) is 11.8 Å². The molecule has 22 heavy (non-hydrogen) atoms. The van der Waals surface area contributed by atoms with Gasteiger partial charge < -0.3 is 14.7 Å². The van der Waals surface area contributed by atoms with Crippen LogP contribution in [0.1, 0.15) is 19.8 Å². The molecule has 120 valence electrons. The molecule has 1 aromatic carbocycles. The molecule has 2 rings (SSSR count). The van der Waals surface area contributed by atoms with Gasteiger partial charge in [-0.3, -0.25) is 10.2 Å². The van der Waals surface area contributed by atoms with Crippen molar-refractivity contribution in [1.29, 1.82) is 0 Å². The van der Waals surface area contributed by atoms with Gasteiger partial charge in [0.05, 0.1) is 0 Å². The molecule has 1 aliphatic heterocycles. The second-order valence-electron chi connectivity index (χ2n) is 5.26. The van der Waals surface area contributed by atoms with Gasteiger partial charge >= 0.3 is 5.97 Å². The molecule has 3 N–H and O–H groups in total. The maximum Gasteiger partial charge on any atom is 0.341 e. The molecule has 0 aliphatic carbocycles. The van der Waals surface area contributed by atoms with Gasteiger partial charge in [-0.15, -0.1) is 0 Å². The summed E-state index contributed by atoms with van der Waals surface area (Å²) in [5.41, 5.74) is 6.86. The molecule has 0 saturated carbocycles. The van der Waals surface area contributed by atoms with Crippen molar-refractivity contribution >= 4 is 17.6 Å². The summed E-state index contributed by atoms with van der Waals surface area (Å²) in [4.78, 5) is 24.4. The van der Waals surface area contributed by atoms with Gasteiger partial charge in [-0.05, 0) is 37.1 Å². The Labute approximate surface area is 129 Å². The maximum absolute atomic E-state index is 12.4. The third kappa shape index (κ3) is 3.96. The highest BCUT2D eigenvalue weighted by Gasteiger charge is 2.30. The molecule has 0 spiro atoms. The second kappa shape index (κ2) is 7.24. The van der Waals surface area contributed by atoms with Crippen LogP contribution in [0.3, 0.4) is 0 Å². The Morgan fingerprint density at radius 1 is 1.32 bits per heavy atom. The Bertz CT molecular complexity index is 532. The van der Waals surface area contributed by atoms with Crippen LogP contribution in [0.4, 0.5) is 5.69 Å². The SMILES string of the molecule is CCC1CC(C(=O)N(C)c2ccc(OCC(=O)O)cc2)NN1. The highest BCUT2D eigenvalue weighted by molar-refractivity contribution is 5.96. The van der Waals surface area contributed by atoms with Crippen molar-refractivity contribution in [2.24, 2.45) is 0 Å². The van der Waals surface area contributed by atoms with Gasteiger partial charge in [0.25, 0.3) is 0 Å². The smallest absolute Gasteiger partial charge is 0.341 e. The number of benzene rings is 1. The van der Waals surface area contributed by atoms with Gasteiger partial charge in [-0.25, -0.2) is 10.2 Å². The number of likely N-dealkylation sites (N-methyl/N-ethyl adjacent to an activating group) is 1. The summed E-state index contributed by atoms with van der Waals surface area (Å²) in [5.74, 6) is -0.581. The summed E-state index contributed by atoms with van der Waals surface area (Å²) in [6.07, 6.45) is 1.73. The second-order valence-corrected chi connectivity index (χ2v) is 5.26. The van der Waals surface area contributed by atoms with Crippen LogP contribution in [0.15, 0.2) is 24.3 Å². The van der Waals surface area contributed by atoms with Gasteiger partial charge in [0, 0.05) is 18.8 Å². The zero-order valence-electron chi connectivity index (χ0n) is 12.7. The third-order valence-electron chi connectivity index (χ3n) is 3.69. The average molecular weight is 307 g/mol. The first-order valence-corrected chi connectivity index (χ1v) is 7.24. The van der Waals surface area contributed by atoms with Crippen molar-refractivity contribution in [3.05, 3.63) is 24.3 Å². The van der Waals surface area contributed by atoms with Crippen LogP contribution in [0.2, 0.25) is 0 Å². The van der Waals surface area contributed by atoms with Gasteiger partial charge in [-0.1, -0.05) is 6.92 Å². The van der Waals surface area contributed by atoms with E-state index in [1.165, 1.54) is 0 Å². The van der Waals surface area contributed by atoms with E-state index < -0.39 is 5.97 Å². The number of nitrogens with zero attached hydrogens (tertiary/aromatic N) is 1. The van der Waals surface area contributed by atoms with Crippen LogP contribution in [-0.2, 0) is 9.59 Å². The summed E-state index contributed by atoms with van der Waals surface area (Å²) < 4.78 is 5.07. The number of carbonyl (C=O) groups is 2. The topological polar surface area (TPSA) is 90.9 Å². The maximum atomic E-state index is 12.4. The molecule has 1 amide bonds. The number of anilines is 1. The van der Waals surface area contributed by atoms with E-state index in [4.69, 9.17) is 9.84 Å². The Morgan fingerprint density at radius 2 is 2.00 bits per heavy atom. The van der Waals surface area contributed by atoms with Crippen molar-refractivity contribution in [3.8, 4) is 5.75 Å². The highest BCUT2D eigenvalue weighted by Crippen LogP contribution is 2.20. The first-order chi connectivity index (χ1) is 10.5. The van der Waals surface area contributed by atoms with Crippen LogP contribution in [-0.4, -0.2) is 42.7 Å². The molecule has 0 aromatic heterocycles. The lowest BCUT2D eigenvalue weighted by atomic mass is 10.1. The van der Waals surface area contributed by atoms with Crippen molar-refractivity contribution in [1.82, 2.24) is 10.9 Å². The minimum atomic E-state index is -1.03. The average Bonchev–Trinajstić information content (AvgIpc) is 3.01. The molecule has 1 fully saturated rings. The van der Waals surface area contributed by atoms with Crippen LogP contribution in [0, 0.1) is 0 Å². The lowest BCUT2D eigenvalue weighted by molar-refractivity contribution is -0.139. The summed E-state index contributed by atoms with van der Waals surface area (Å²) in [6, 6.07) is 6.84. The molecule has 1 aromatic rings. The number of rotatable bonds is 6. The van der Waals surface area contributed by atoms with E-state index >= 15 is 0 Å². The zero-order chi connectivity index (χ0) is 16.1. The highest BCUT2D eigenvalue weighted by atomic mass is 16.5. The van der Waals surface area contributed by atoms with E-state index in [9.17, 15) is 9.59 Å². The summed E-state index contributed by atoms with van der Waals surface area (Å²) in [5, 5.41) is 8.56. The van der Waals surface area contributed by atoms with Crippen LogP contribution < -0.4 is 20.5 Å². The molecule has 2 unspecified atom stereocenters. The molecule has 2 atom stereocenters. The Balaban J connectivity index is 1.95. The predicted molar refractivity (Wildman–Crippen MR) is 81.7 cm³/mol. The fourth-order valence-corrected chi connectivity index (χ4v) is 2.32. The molecular formula is C15H21N3O4. The summed E-state index contributed by atoms with van der Waals surface area (Å²) >= 11 is 0. The largest absolute Gasteiger partial charge is 0.482 e. The van der Waals surface area contributed by atoms with E-state index in [2.05, 4.69) is 17.8 Å². The Hall–Kier alpha value is -2.12. The number of carboxylic acids is 1. The number of hydrogen-bond acceptors (Lipinski definition) is 5. The summed E-state index contributed by atoms with van der Waals surface area (Å²) in [7, 11) is 1.72. The number of carbonyl (C=O) groups excluding carboxylic acids is 1. The molecule has 1 aliphatic rings. The van der Waals surface area contributed by atoms with Gasteiger partial charge in [0.15, 0.2) is 6.61 Å². The third-order valence-corrected chi connectivity index (χ3v) is 3.69. The number of nitrogens with one attached hydrogen (secondary N) is 2. The minimum absolute atomic E-state index is 0.0114. The number of amides is 1. The van der Waals surface area contributed by atoms with Crippen molar-refractivity contribution in [3.63, 3.8) is 0 Å². The first kappa shape index (κ1) is 16.3. The van der Waals surface area contributed by atoms with E-state index in [1.807, 2.05) is 0 Å². The van der Waals surface area contributed by atoms with Gasteiger partial charge in [-0.2, -0.15) is 0 Å². The molecule has 0 bridgehead atoms. The monoisotopic (exact) mass is 307 g/mol.